The standard InChI is InChI=1S/C34H33NO4/c1-6-23-7-13-26(14-8-23)38-27-15-9-24(10-16-27)34(4,5)25-11-17-28(18-12-25)39-29-19-20-30-31(21-29)33(37)35(22(2)3)32(30)36/h7-22H,6H2,1-5H3. The Hall–Kier alpha value is -4.38. The second kappa shape index (κ2) is 10.4. The molecule has 0 saturated carbocycles. The van der Waals surface area contributed by atoms with Crippen molar-refractivity contribution in [2.75, 3.05) is 0 Å². The third-order valence-corrected chi connectivity index (χ3v) is 7.36. The lowest BCUT2D eigenvalue weighted by atomic mass is 9.78. The lowest BCUT2D eigenvalue weighted by molar-refractivity contribution is 0.0609. The van der Waals surface area contributed by atoms with Crippen molar-refractivity contribution in [1.82, 2.24) is 4.90 Å². The monoisotopic (exact) mass is 519 g/mol. The molecule has 0 radical (unpaired) electrons. The number of imide groups is 1. The molecule has 0 saturated heterocycles. The Labute approximate surface area is 230 Å². The minimum Gasteiger partial charge on any atom is -0.457 e. The third-order valence-electron chi connectivity index (χ3n) is 7.36. The fourth-order valence-electron chi connectivity index (χ4n) is 4.88. The number of nitrogens with zero attached hydrogens (tertiary/aromatic N) is 1. The van der Waals surface area contributed by atoms with Crippen LogP contribution in [0.5, 0.6) is 23.0 Å². The zero-order valence-electron chi connectivity index (χ0n) is 23.0. The molecule has 1 aliphatic rings. The van der Waals surface area contributed by atoms with Gasteiger partial charge in [-0.3, -0.25) is 14.5 Å². The molecule has 198 valence electrons. The highest BCUT2D eigenvalue weighted by atomic mass is 16.5. The molecule has 0 aliphatic carbocycles. The Morgan fingerprint density at radius 3 is 1.56 bits per heavy atom. The molecule has 0 N–H and O–H groups in total. The van der Waals surface area contributed by atoms with Crippen molar-refractivity contribution in [2.24, 2.45) is 0 Å². The highest BCUT2D eigenvalue weighted by Gasteiger charge is 2.37. The van der Waals surface area contributed by atoms with E-state index in [4.69, 9.17) is 9.47 Å². The molecule has 0 aromatic heterocycles. The molecule has 0 unspecified atom stereocenters. The maximum atomic E-state index is 12.7. The Balaban J connectivity index is 1.28. The van der Waals surface area contributed by atoms with Crippen molar-refractivity contribution in [3.63, 3.8) is 0 Å². The van der Waals surface area contributed by atoms with Gasteiger partial charge in [0, 0.05) is 11.5 Å². The number of carbonyl (C=O) groups excluding carboxylic acids is 2. The van der Waals surface area contributed by atoms with E-state index in [1.165, 1.54) is 16.0 Å². The molecule has 39 heavy (non-hydrogen) atoms. The fourth-order valence-corrected chi connectivity index (χ4v) is 4.88. The molecule has 0 fully saturated rings. The first-order valence-corrected chi connectivity index (χ1v) is 13.3. The van der Waals surface area contributed by atoms with Gasteiger partial charge in [0.25, 0.3) is 11.8 Å². The largest absolute Gasteiger partial charge is 0.457 e. The third kappa shape index (κ3) is 5.17. The van der Waals surface area contributed by atoms with E-state index in [9.17, 15) is 9.59 Å². The predicted octanol–water partition coefficient (Wildman–Crippen LogP) is 8.16. The first kappa shape index (κ1) is 26.2. The van der Waals surface area contributed by atoms with Crippen molar-refractivity contribution < 1.29 is 19.1 Å². The van der Waals surface area contributed by atoms with Crippen LogP contribution in [-0.2, 0) is 11.8 Å². The number of fused-ring (bicyclic) bond motifs is 1. The molecule has 2 amide bonds. The van der Waals surface area contributed by atoms with Gasteiger partial charge in [0.15, 0.2) is 0 Å². The lowest BCUT2D eigenvalue weighted by Crippen LogP contribution is -2.35. The van der Waals surface area contributed by atoms with E-state index in [1.807, 2.05) is 50.2 Å². The summed E-state index contributed by atoms with van der Waals surface area (Å²) in [5, 5.41) is 0. The number of carbonyl (C=O) groups is 2. The summed E-state index contributed by atoms with van der Waals surface area (Å²) in [5.41, 5.74) is 4.16. The summed E-state index contributed by atoms with van der Waals surface area (Å²) in [6.45, 7) is 10.2. The van der Waals surface area contributed by atoms with Gasteiger partial charge in [-0.1, -0.05) is 57.2 Å². The van der Waals surface area contributed by atoms with Crippen LogP contribution >= 0.6 is 0 Å². The van der Waals surface area contributed by atoms with Gasteiger partial charge in [0.05, 0.1) is 11.1 Å². The molecule has 0 spiro atoms. The van der Waals surface area contributed by atoms with Crippen molar-refractivity contribution in [1.29, 1.82) is 0 Å². The van der Waals surface area contributed by atoms with Gasteiger partial charge in [0.1, 0.15) is 23.0 Å². The summed E-state index contributed by atoms with van der Waals surface area (Å²) < 4.78 is 12.1. The zero-order chi connectivity index (χ0) is 27.7. The maximum Gasteiger partial charge on any atom is 0.261 e. The molecule has 1 aliphatic heterocycles. The molecule has 4 aromatic rings. The van der Waals surface area contributed by atoms with Crippen molar-refractivity contribution in [2.45, 2.75) is 52.5 Å². The van der Waals surface area contributed by atoms with Crippen LogP contribution in [0.2, 0.25) is 0 Å². The summed E-state index contributed by atoms with van der Waals surface area (Å²) in [6.07, 6.45) is 1.01. The van der Waals surface area contributed by atoms with Crippen molar-refractivity contribution >= 4 is 11.8 Å². The molecule has 5 heteroatoms. The first-order valence-electron chi connectivity index (χ1n) is 13.3. The van der Waals surface area contributed by atoms with E-state index >= 15 is 0 Å². The van der Waals surface area contributed by atoms with E-state index in [-0.39, 0.29) is 23.3 Å². The summed E-state index contributed by atoms with van der Waals surface area (Å²) in [7, 11) is 0. The molecular weight excluding hydrogens is 486 g/mol. The van der Waals surface area contributed by atoms with Gasteiger partial charge in [-0.15, -0.1) is 0 Å². The molecule has 1 heterocycles. The van der Waals surface area contributed by atoms with Crippen LogP contribution in [0.3, 0.4) is 0 Å². The number of rotatable bonds is 8. The van der Waals surface area contributed by atoms with Crippen LogP contribution in [-0.4, -0.2) is 22.8 Å². The number of ether oxygens (including phenoxy) is 2. The van der Waals surface area contributed by atoms with Crippen LogP contribution in [0, 0.1) is 0 Å². The van der Waals surface area contributed by atoms with Crippen LogP contribution in [0.4, 0.5) is 0 Å². The number of hydrogen-bond acceptors (Lipinski definition) is 4. The summed E-state index contributed by atoms with van der Waals surface area (Å²) >= 11 is 0. The first-order chi connectivity index (χ1) is 18.7. The summed E-state index contributed by atoms with van der Waals surface area (Å²) in [4.78, 5) is 26.6. The number of aryl methyl sites for hydroxylation is 1. The Morgan fingerprint density at radius 2 is 1.08 bits per heavy atom. The Morgan fingerprint density at radius 1 is 0.641 bits per heavy atom. The summed E-state index contributed by atoms with van der Waals surface area (Å²) in [5.74, 6) is 2.27. The highest BCUT2D eigenvalue weighted by molar-refractivity contribution is 6.21. The average molecular weight is 520 g/mol. The number of hydrogen-bond donors (Lipinski definition) is 0. The van der Waals surface area contributed by atoms with E-state index in [0.717, 1.165) is 23.5 Å². The summed E-state index contributed by atoms with van der Waals surface area (Å²) in [6, 6.07) is 29.2. The molecule has 5 nitrogen and oxygen atoms in total. The zero-order valence-corrected chi connectivity index (χ0v) is 23.0. The van der Waals surface area contributed by atoms with E-state index < -0.39 is 0 Å². The predicted molar refractivity (Wildman–Crippen MR) is 153 cm³/mol. The van der Waals surface area contributed by atoms with Crippen molar-refractivity contribution in [3.05, 3.63) is 119 Å². The van der Waals surface area contributed by atoms with Gasteiger partial charge in [-0.05, 0) is 91.6 Å². The van der Waals surface area contributed by atoms with Crippen LogP contribution < -0.4 is 9.47 Å². The molecule has 5 rings (SSSR count). The SMILES string of the molecule is CCc1ccc(Oc2ccc(C(C)(C)c3ccc(Oc4ccc5c(c4)C(=O)N(C(C)C)C5=O)cc3)cc2)cc1. The molecule has 0 bridgehead atoms. The fraction of sp³-hybridized carbons (Fsp3) is 0.235. The van der Waals surface area contributed by atoms with Gasteiger partial charge in [-0.25, -0.2) is 0 Å². The minimum atomic E-state index is -0.279. The van der Waals surface area contributed by atoms with E-state index in [2.05, 4.69) is 57.2 Å². The quantitative estimate of drug-likeness (QED) is 0.220. The second-order valence-corrected chi connectivity index (χ2v) is 10.7. The van der Waals surface area contributed by atoms with E-state index in [0.29, 0.717) is 22.6 Å². The molecule has 0 atom stereocenters. The number of amides is 2. The van der Waals surface area contributed by atoms with Gasteiger partial charge < -0.3 is 9.47 Å². The normalized spacial score (nSPS) is 13.1. The van der Waals surface area contributed by atoms with Gasteiger partial charge in [-0.2, -0.15) is 0 Å². The molecular formula is C34H33NO4. The van der Waals surface area contributed by atoms with Crippen LogP contribution in [0.1, 0.15) is 72.0 Å². The molecule has 4 aromatic carbocycles. The van der Waals surface area contributed by atoms with Crippen LogP contribution in [0.15, 0.2) is 91.0 Å². The minimum absolute atomic E-state index is 0.195. The number of benzene rings is 4. The second-order valence-electron chi connectivity index (χ2n) is 10.7. The van der Waals surface area contributed by atoms with Crippen molar-refractivity contribution in [3.8, 4) is 23.0 Å². The maximum absolute atomic E-state index is 12.7. The topological polar surface area (TPSA) is 55.8 Å². The average Bonchev–Trinajstić information content (AvgIpc) is 3.19. The smallest absolute Gasteiger partial charge is 0.261 e. The lowest BCUT2D eigenvalue weighted by Gasteiger charge is -2.26. The van der Waals surface area contributed by atoms with Gasteiger partial charge >= 0.3 is 0 Å². The highest BCUT2D eigenvalue weighted by Crippen LogP contribution is 2.35. The Kier molecular flexibility index (Phi) is 7.00. The van der Waals surface area contributed by atoms with Gasteiger partial charge in [0.2, 0.25) is 0 Å². The van der Waals surface area contributed by atoms with E-state index in [1.54, 1.807) is 18.2 Å². The Bertz CT molecular complexity index is 1500. The van der Waals surface area contributed by atoms with Crippen LogP contribution in [0.25, 0.3) is 0 Å².